The maximum absolute atomic E-state index is 12.4. The molecule has 0 radical (unpaired) electrons. The normalized spacial score (nSPS) is 20.1. The monoisotopic (exact) mass is 342 g/mol. The van der Waals surface area contributed by atoms with Gasteiger partial charge < -0.3 is 10.1 Å². The molecule has 1 aliphatic rings. The van der Waals surface area contributed by atoms with Crippen LogP contribution in [0.1, 0.15) is 6.92 Å². The number of ether oxygens (including phenoxy) is 1. The van der Waals surface area contributed by atoms with Gasteiger partial charge in [-0.15, -0.1) is 12.4 Å². The second kappa shape index (κ2) is 7.35. The fourth-order valence-electron chi connectivity index (χ4n) is 2.11. The molecule has 1 N–H and O–H groups in total. The van der Waals surface area contributed by atoms with Crippen LogP contribution >= 0.6 is 12.4 Å². The van der Waals surface area contributed by atoms with Crippen molar-refractivity contribution in [2.75, 3.05) is 19.6 Å². The molecule has 1 saturated heterocycles. The third-order valence-electron chi connectivity index (χ3n) is 3.10. The third-order valence-corrected chi connectivity index (χ3v) is 5.12. The molecule has 1 aromatic rings. The first-order valence-electron chi connectivity index (χ1n) is 6.18. The van der Waals surface area contributed by atoms with E-state index in [1.54, 1.807) is 0 Å². The molecule has 120 valence electrons. The van der Waals surface area contributed by atoms with Crippen LogP contribution in [0, 0.1) is 0 Å². The minimum absolute atomic E-state index is 0. The second-order valence-corrected chi connectivity index (χ2v) is 6.41. The van der Waals surface area contributed by atoms with Gasteiger partial charge in [-0.2, -0.15) is 13.1 Å². The minimum Gasteiger partial charge on any atom is -0.435 e. The second-order valence-electron chi connectivity index (χ2n) is 4.52. The lowest BCUT2D eigenvalue weighted by Crippen LogP contribution is -2.52. The Bertz CT molecular complexity index is 554. The van der Waals surface area contributed by atoms with E-state index in [4.69, 9.17) is 0 Å². The molecule has 0 saturated carbocycles. The highest BCUT2D eigenvalue weighted by Crippen LogP contribution is 2.22. The van der Waals surface area contributed by atoms with Crippen molar-refractivity contribution in [2.45, 2.75) is 24.5 Å². The molecule has 1 aromatic carbocycles. The van der Waals surface area contributed by atoms with Crippen LogP contribution in [0.15, 0.2) is 29.2 Å². The smallest absolute Gasteiger partial charge is 0.387 e. The highest BCUT2D eigenvalue weighted by atomic mass is 35.5. The Hall–Kier alpha value is -0.960. The first-order chi connectivity index (χ1) is 9.41. The summed E-state index contributed by atoms with van der Waals surface area (Å²) in [5, 5.41) is 3.11. The SMILES string of the molecule is C[C@H]1CNCCN1S(=O)(=O)c1ccc(OC(F)F)cc1.Cl. The largest absolute Gasteiger partial charge is 0.435 e. The zero-order valence-electron chi connectivity index (χ0n) is 11.3. The number of halogens is 3. The van der Waals surface area contributed by atoms with Crippen LogP contribution in [0.25, 0.3) is 0 Å². The van der Waals surface area contributed by atoms with Gasteiger partial charge in [0.2, 0.25) is 10.0 Å². The van der Waals surface area contributed by atoms with Gasteiger partial charge in [-0.05, 0) is 31.2 Å². The van der Waals surface area contributed by atoms with Crippen LogP contribution in [0.5, 0.6) is 5.75 Å². The lowest BCUT2D eigenvalue weighted by Gasteiger charge is -2.32. The number of sulfonamides is 1. The number of nitrogens with zero attached hydrogens (tertiary/aromatic N) is 1. The predicted molar refractivity (Wildman–Crippen MR) is 76.5 cm³/mol. The van der Waals surface area contributed by atoms with Crippen LogP contribution in [-0.4, -0.2) is 45.0 Å². The van der Waals surface area contributed by atoms with Crippen molar-refractivity contribution in [1.82, 2.24) is 9.62 Å². The topological polar surface area (TPSA) is 58.6 Å². The Labute approximate surface area is 128 Å². The Balaban J connectivity index is 0.00000220. The van der Waals surface area contributed by atoms with Gasteiger partial charge in [-0.3, -0.25) is 0 Å². The quantitative estimate of drug-likeness (QED) is 0.904. The summed E-state index contributed by atoms with van der Waals surface area (Å²) in [7, 11) is -3.61. The number of alkyl halides is 2. The Morgan fingerprint density at radius 1 is 1.33 bits per heavy atom. The van der Waals surface area contributed by atoms with Crippen molar-refractivity contribution < 1.29 is 21.9 Å². The van der Waals surface area contributed by atoms with Gasteiger partial charge >= 0.3 is 6.61 Å². The predicted octanol–water partition coefficient (Wildman–Crippen LogP) is 1.69. The molecular weight excluding hydrogens is 326 g/mol. The molecule has 1 atom stereocenters. The maximum Gasteiger partial charge on any atom is 0.387 e. The van der Waals surface area contributed by atoms with Gasteiger partial charge in [-0.1, -0.05) is 0 Å². The number of nitrogens with one attached hydrogen (secondary N) is 1. The van der Waals surface area contributed by atoms with Gasteiger partial charge in [0, 0.05) is 25.7 Å². The van der Waals surface area contributed by atoms with E-state index in [0.29, 0.717) is 19.6 Å². The molecule has 21 heavy (non-hydrogen) atoms. The Morgan fingerprint density at radius 2 is 1.95 bits per heavy atom. The number of benzene rings is 1. The van der Waals surface area contributed by atoms with Crippen LogP contribution in [0.2, 0.25) is 0 Å². The summed E-state index contributed by atoms with van der Waals surface area (Å²) in [6.45, 7) is 0.462. The van der Waals surface area contributed by atoms with Crippen LogP contribution in [-0.2, 0) is 10.0 Å². The van der Waals surface area contributed by atoms with Crippen LogP contribution in [0.4, 0.5) is 8.78 Å². The Morgan fingerprint density at radius 3 is 2.48 bits per heavy atom. The molecule has 0 aromatic heterocycles. The van der Waals surface area contributed by atoms with Crippen LogP contribution in [0.3, 0.4) is 0 Å². The summed E-state index contributed by atoms with van der Waals surface area (Å²) in [6.07, 6.45) is 0. The van der Waals surface area contributed by atoms with Crippen molar-refractivity contribution in [2.24, 2.45) is 0 Å². The van der Waals surface area contributed by atoms with Gasteiger partial charge in [0.1, 0.15) is 5.75 Å². The highest BCUT2D eigenvalue weighted by Gasteiger charge is 2.30. The van der Waals surface area contributed by atoms with E-state index in [1.165, 1.54) is 28.6 Å². The fourth-order valence-corrected chi connectivity index (χ4v) is 3.74. The lowest BCUT2D eigenvalue weighted by atomic mass is 10.3. The van der Waals surface area contributed by atoms with Crippen molar-refractivity contribution in [1.29, 1.82) is 0 Å². The van der Waals surface area contributed by atoms with Gasteiger partial charge in [0.15, 0.2) is 0 Å². The summed E-state index contributed by atoms with van der Waals surface area (Å²) in [6, 6.07) is 4.87. The summed E-state index contributed by atoms with van der Waals surface area (Å²) < 4.78 is 54.6. The molecular formula is C12H17ClF2N2O3S. The summed E-state index contributed by atoms with van der Waals surface area (Å²) >= 11 is 0. The molecule has 5 nitrogen and oxygen atoms in total. The molecule has 1 aliphatic heterocycles. The van der Waals surface area contributed by atoms with E-state index in [0.717, 1.165) is 0 Å². The summed E-state index contributed by atoms with van der Waals surface area (Å²) in [5.74, 6) is -0.0627. The summed E-state index contributed by atoms with van der Waals surface area (Å²) in [4.78, 5) is 0.0767. The average Bonchev–Trinajstić information content (AvgIpc) is 2.39. The van der Waals surface area contributed by atoms with Gasteiger partial charge in [0.05, 0.1) is 4.90 Å². The molecule has 2 rings (SSSR count). The number of rotatable bonds is 4. The van der Waals surface area contributed by atoms with E-state index in [1.807, 2.05) is 6.92 Å². The molecule has 9 heteroatoms. The number of hydrogen-bond acceptors (Lipinski definition) is 4. The maximum atomic E-state index is 12.4. The Kier molecular flexibility index (Phi) is 6.33. The third kappa shape index (κ3) is 4.26. The zero-order chi connectivity index (χ0) is 14.8. The average molecular weight is 343 g/mol. The lowest BCUT2D eigenvalue weighted by molar-refractivity contribution is -0.0498. The molecule has 0 amide bonds. The first-order valence-corrected chi connectivity index (χ1v) is 7.62. The van der Waals surface area contributed by atoms with E-state index >= 15 is 0 Å². The zero-order valence-corrected chi connectivity index (χ0v) is 13.0. The van der Waals surface area contributed by atoms with Crippen molar-refractivity contribution in [3.63, 3.8) is 0 Å². The summed E-state index contributed by atoms with van der Waals surface area (Å²) in [5.41, 5.74) is 0. The van der Waals surface area contributed by atoms with Gasteiger partial charge in [-0.25, -0.2) is 8.42 Å². The molecule has 0 unspecified atom stereocenters. The van der Waals surface area contributed by atoms with Crippen molar-refractivity contribution in [3.05, 3.63) is 24.3 Å². The van der Waals surface area contributed by atoms with E-state index < -0.39 is 16.6 Å². The fraction of sp³-hybridized carbons (Fsp3) is 0.500. The van der Waals surface area contributed by atoms with E-state index in [-0.39, 0.29) is 29.1 Å². The standard InChI is InChI=1S/C12H16F2N2O3S.ClH/c1-9-8-15-6-7-16(9)20(17,18)11-4-2-10(3-5-11)19-12(13)14;/h2-5,9,12,15H,6-8H2,1H3;1H/t9-;/m0./s1. The van der Waals surface area contributed by atoms with Crippen molar-refractivity contribution in [3.8, 4) is 5.75 Å². The number of piperazine rings is 1. The minimum atomic E-state index is -3.61. The molecule has 1 fully saturated rings. The van der Waals surface area contributed by atoms with Gasteiger partial charge in [0.25, 0.3) is 0 Å². The molecule has 0 bridgehead atoms. The molecule has 0 aliphatic carbocycles. The molecule has 1 heterocycles. The van der Waals surface area contributed by atoms with E-state index in [2.05, 4.69) is 10.1 Å². The van der Waals surface area contributed by atoms with Crippen molar-refractivity contribution >= 4 is 22.4 Å². The number of hydrogen-bond donors (Lipinski definition) is 1. The highest BCUT2D eigenvalue weighted by molar-refractivity contribution is 7.89. The van der Waals surface area contributed by atoms with Crippen LogP contribution < -0.4 is 10.1 Å². The first kappa shape index (κ1) is 18.1. The molecule has 0 spiro atoms. The van der Waals surface area contributed by atoms with E-state index in [9.17, 15) is 17.2 Å².